The van der Waals surface area contributed by atoms with Crippen LogP contribution in [0.5, 0.6) is 11.5 Å². The summed E-state index contributed by atoms with van der Waals surface area (Å²) in [5.41, 5.74) is 1.23. The summed E-state index contributed by atoms with van der Waals surface area (Å²) >= 11 is 0. The van der Waals surface area contributed by atoms with Gasteiger partial charge in [0.05, 0.1) is 5.69 Å². The zero-order valence-corrected chi connectivity index (χ0v) is 17.9. The fraction of sp³-hybridized carbons (Fsp3) is 0.192. The second-order valence-electron chi connectivity index (χ2n) is 8.20. The Balaban J connectivity index is 1.33. The molecule has 0 aromatic heterocycles. The Morgan fingerprint density at radius 3 is 2.55 bits per heavy atom. The summed E-state index contributed by atoms with van der Waals surface area (Å²) in [6.07, 6.45) is 2.16. The van der Waals surface area contributed by atoms with Crippen molar-refractivity contribution in [2.24, 2.45) is 0 Å². The number of nitrogens with zero attached hydrogens (tertiary/aromatic N) is 1. The Bertz CT molecular complexity index is 1230. The topological polar surface area (TPSA) is 87.7 Å². The summed E-state index contributed by atoms with van der Waals surface area (Å²) in [5, 5.41) is 5.64. The average molecular weight is 441 g/mol. The molecule has 0 saturated carbocycles. The third kappa shape index (κ3) is 3.82. The minimum Gasteiger partial charge on any atom is -0.455 e. The number of benzene rings is 3. The van der Waals surface area contributed by atoms with E-state index in [0.717, 1.165) is 28.9 Å². The van der Waals surface area contributed by atoms with Crippen molar-refractivity contribution in [1.29, 1.82) is 0 Å². The van der Waals surface area contributed by atoms with Crippen molar-refractivity contribution >= 4 is 23.5 Å². The molecule has 7 heteroatoms. The predicted octanol–water partition coefficient (Wildman–Crippen LogP) is 4.20. The first-order valence-electron chi connectivity index (χ1n) is 10.9. The fourth-order valence-corrected chi connectivity index (χ4v) is 4.56. The lowest BCUT2D eigenvalue weighted by Gasteiger charge is -2.33. The van der Waals surface area contributed by atoms with Crippen molar-refractivity contribution in [3.05, 3.63) is 90.0 Å². The van der Waals surface area contributed by atoms with E-state index in [1.54, 1.807) is 24.3 Å². The predicted molar refractivity (Wildman–Crippen MR) is 123 cm³/mol. The van der Waals surface area contributed by atoms with Crippen LogP contribution in [0.3, 0.4) is 0 Å². The van der Waals surface area contributed by atoms with Gasteiger partial charge in [-0.3, -0.25) is 14.5 Å². The van der Waals surface area contributed by atoms with Crippen LogP contribution in [0.15, 0.2) is 78.9 Å². The van der Waals surface area contributed by atoms with Crippen molar-refractivity contribution in [3.63, 3.8) is 0 Å². The SMILES string of the molecule is O=C(CN1C(=O)N[C@@]2(CCCc3ccccc32)C1=O)Nc1ccccc1Oc1ccccc1. The third-order valence-electron chi connectivity index (χ3n) is 6.08. The molecule has 0 unspecified atom stereocenters. The molecule has 33 heavy (non-hydrogen) atoms. The summed E-state index contributed by atoms with van der Waals surface area (Å²) in [5.74, 6) is 0.227. The Kier molecular flexibility index (Phi) is 5.30. The maximum absolute atomic E-state index is 13.4. The summed E-state index contributed by atoms with van der Waals surface area (Å²) in [7, 11) is 0. The monoisotopic (exact) mass is 441 g/mol. The number of hydrogen-bond acceptors (Lipinski definition) is 4. The molecular weight excluding hydrogens is 418 g/mol. The first-order chi connectivity index (χ1) is 16.1. The van der Waals surface area contributed by atoms with Crippen LogP contribution in [0, 0.1) is 0 Å². The van der Waals surface area contributed by atoms with Gasteiger partial charge in [-0.05, 0) is 54.7 Å². The molecule has 1 heterocycles. The summed E-state index contributed by atoms with van der Waals surface area (Å²) in [4.78, 5) is 40.0. The summed E-state index contributed by atoms with van der Waals surface area (Å²) < 4.78 is 5.88. The van der Waals surface area contributed by atoms with E-state index < -0.39 is 17.5 Å². The van der Waals surface area contributed by atoms with E-state index in [-0.39, 0.29) is 12.5 Å². The van der Waals surface area contributed by atoms with Crippen molar-refractivity contribution in [2.45, 2.75) is 24.8 Å². The number of aryl methyl sites for hydroxylation is 1. The smallest absolute Gasteiger partial charge is 0.325 e. The number of hydrogen-bond donors (Lipinski definition) is 2. The Morgan fingerprint density at radius 1 is 0.970 bits per heavy atom. The minimum absolute atomic E-state index is 0.381. The Labute approximate surface area is 191 Å². The van der Waals surface area contributed by atoms with Gasteiger partial charge in [0.25, 0.3) is 5.91 Å². The van der Waals surface area contributed by atoms with Crippen molar-refractivity contribution in [1.82, 2.24) is 10.2 Å². The molecule has 3 aromatic carbocycles. The molecule has 2 N–H and O–H groups in total. The molecule has 4 amide bonds. The van der Waals surface area contributed by atoms with E-state index >= 15 is 0 Å². The van der Waals surface area contributed by atoms with Crippen LogP contribution >= 0.6 is 0 Å². The first-order valence-corrected chi connectivity index (χ1v) is 10.9. The van der Waals surface area contributed by atoms with E-state index in [9.17, 15) is 14.4 Å². The molecule has 5 rings (SSSR count). The van der Waals surface area contributed by atoms with Gasteiger partial charge in [-0.2, -0.15) is 0 Å². The zero-order chi connectivity index (χ0) is 22.8. The molecule has 2 aliphatic rings. The lowest BCUT2D eigenvalue weighted by molar-refractivity contribution is -0.134. The maximum atomic E-state index is 13.4. The number of fused-ring (bicyclic) bond motifs is 2. The highest BCUT2D eigenvalue weighted by molar-refractivity contribution is 6.10. The number of nitrogens with one attached hydrogen (secondary N) is 2. The molecule has 1 saturated heterocycles. The molecule has 166 valence electrons. The number of rotatable bonds is 5. The normalized spacial score (nSPS) is 19.2. The van der Waals surface area contributed by atoms with Gasteiger partial charge in [0.15, 0.2) is 5.75 Å². The zero-order valence-electron chi connectivity index (χ0n) is 17.9. The molecule has 1 aliphatic heterocycles. The number of amides is 4. The summed E-state index contributed by atoms with van der Waals surface area (Å²) in [6.45, 7) is -0.381. The largest absolute Gasteiger partial charge is 0.455 e. The van der Waals surface area contributed by atoms with Gasteiger partial charge >= 0.3 is 6.03 Å². The number of anilines is 1. The molecule has 1 atom stereocenters. The highest BCUT2D eigenvalue weighted by Gasteiger charge is 2.54. The second kappa shape index (κ2) is 8.43. The van der Waals surface area contributed by atoms with Crippen molar-refractivity contribution in [3.8, 4) is 11.5 Å². The number of carbonyl (C=O) groups is 3. The van der Waals surface area contributed by atoms with Gasteiger partial charge < -0.3 is 15.4 Å². The molecular formula is C26H23N3O4. The van der Waals surface area contributed by atoms with Crippen LogP contribution in [0.1, 0.15) is 24.0 Å². The van der Waals surface area contributed by atoms with Gasteiger partial charge in [-0.15, -0.1) is 0 Å². The van der Waals surface area contributed by atoms with E-state index in [1.165, 1.54) is 0 Å². The van der Waals surface area contributed by atoms with E-state index in [4.69, 9.17) is 4.74 Å². The van der Waals surface area contributed by atoms with Gasteiger partial charge in [0, 0.05) is 0 Å². The van der Waals surface area contributed by atoms with Crippen LogP contribution in [0.4, 0.5) is 10.5 Å². The molecule has 1 spiro atoms. The van der Waals surface area contributed by atoms with Gasteiger partial charge in [0.1, 0.15) is 17.8 Å². The quantitative estimate of drug-likeness (QED) is 0.581. The van der Waals surface area contributed by atoms with Crippen LogP contribution in [0.25, 0.3) is 0 Å². The van der Waals surface area contributed by atoms with Crippen LogP contribution in [0.2, 0.25) is 0 Å². The van der Waals surface area contributed by atoms with Gasteiger partial charge in [-0.1, -0.05) is 54.6 Å². The van der Waals surface area contributed by atoms with Crippen molar-refractivity contribution in [2.75, 3.05) is 11.9 Å². The molecule has 7 nitrogen and oxygen atoms in total. The fourth-order valence-electron chi connectivity index (χ4n) is 4.56. The highest BCUT2D eigenvalue weighted by atomic mass is 16.5. The molecule has 1 aliphatic carbocycles. The number of para-hydroxylation sites is 3. The lowest BCUT2D eigenvalue weighted by Crippen LogP contribution is -2.47. The molecule has 3 aromatic rings. The van der Waals surface area contributed by atoms with Crippen LogP contribution < -0.4 is 15.4 Å². The highest BCUT2D eigenvalue weighted by Crippen LogP contribution is 2.40. The summed E-state index contributed by atoms with van der Waals surface area (Å²) in [6, 6.07) is 23.3. The number of imide groups is 1. The standard InChI is InChI=1S/C26H23N3O4/c30-23(27-21-14-6-7-15-22(21)33-19-11-2-1-3-12-19)17-29-24(31)26(28-25(29)32)16-8-10-18-9-4-5-13-20(18)26/h1-7,9,11-15H,8,10,16-17H2,(H,27,30)(H,28,32)/t26-/m1/s1. The Morgan fingerprint density at radius 2 is 1.70 bits per heavy atom. The Hall–Kier alpha value is -4.13. The van der Waals surface area contributed by atoms with Gasteiger partial charge in [0.2, 0.25) is 5.91 Å². The second-order valence-corrected chi connectivity index (χ2v) is 8.20. The number of urea groups is 1. The molecule has 0 bridgehead atoms. The van der Waals surface area contributed by atoms with Crippen LogP contribution in [-0.2, 0) is 21.5 Å². The van der Waals surface area contributed by atoms with Gasteiger partial charge in [-0.25, -0.2) is 4.79 Å². The minimum atomic E-state index is -1.10. The van der Waals surface area contributed by atoms with Crippen molar-refractivity contribution < 1.29 is 19.1 Å². The lowest BCUT2D eigenvalue weighted by atomic mass is 9.76. The molecule has 0 radical (unpaired) electrons. The number of ether oxygens (including phenoxy) is 1. The third-order valence-corrected chi connectivity index (χ3v) is 6.08. The van der Waals surface area contributed by atoms with E-state index in [2.05, 4.69) is 10.6 Å². The van der Waals surface area contributed by atoms with Crippen LogP contribution in [-0.4, -0.2) is 29.3 Å². The van der Waals surface area contributed by atoms with E-state index in [0.29, 0.717) is 23.6 Å². The number of carbonyl (C=O) groups excluding carboxylic acids is 3. The van der Waals surface area contributed by atoms with E-state index in [1.807, 2.05) is 54.6 Å². The maximum Gasteiger partial charge on any atom is 0.325 e. The molecule has 1 fully saturated rings. The first kappa shape index (κ1) is 20.8. The average Bonchev–Trinajstić information content (AvgIpc) is 3.06.